The van der Waals surface area contributed by atoms with Gasteiger partial charge in [0.25, 0.3) is 0 Å². The molecule has 0 saturated carbocycles. The Morgan fingerprint density at radius 2 is 1.29 bits per heavy atom. The third kappa shape index (κ3) is 1.50. The lowest BCUT2D eigenvalue weighted by Crippen LogP contribution is -1.94. The fourth-order valence-corrected chi connectivity index (χ4v) is 4.47. The van der Waals surface area contributed by atoms with Gasteiger partial charge in [-0.1, -0.05) is 48.5 Å². The van der Waals surface area contributed by atoms with E-state index in [1.165, 1.54) is 54.9 Å². The predicted molar refractivity (Wildman–Crippen MR) is 102 cm³/mol. The maximum atomic E-state index is 5.67. The van der Waals surface area contributed by atoms with Gasteiger partial charge >= 0.3 is 0 Å². The molecule has 0 N–H and O–H groups in total. The van der Waals surface area contributed by atoms with Gasteiger partial charge in [0.15, 0.2) is 0 Å². The van der Waals surface area contributed by atoms with E-state index in [2.05, 4.69) is 68.4 Å². The van der Waals surface area contributed by atoms with E-state index in [0.717, 1.165) is 5.75 Å². The van der Waals surface area contributed by atoms with Gasteiger partial charge in [-0.3, -0.25) is 0 Å². The van der Waals surface area contributed by atoms with E-state index >= 15 is 0 Å². The number of hydrogen-bond acceptors (Lipinski definition) is 1. The molecule has 1 nitrogen and oxygen atoms in total. The van der Waals surface area contributed by atoms with Crippen molar-refractivity contribution in [3.05, 3.63) is 65.7 Å². The lowest BCUT2D eigenvalue weighted by molar-refractivity contribution is 0.419. The molecule has 1 aliphatic carbocycles. The van der Waals surface area contributed by atoms with E-state index in [1.807, 2.05) is 0 Å². The Labute approximate surface area is 141 Å². The molecule has 0 fully saturated rings. The van der Waals surface area contributed by atoms with Crippen molar-refractivity contribution in [3.8, 4) is 28.0 Å². The minimum absolute atomic E-state index is 0.957. The molecule has 5 rings (SSSR count). The highest BCUT2D eigenvalue weighted by molar-refractivity contribution is 6.20. The molecular weight excluding hydrogens is 292 g/mol. The summed E-state index contributed by atoms with van der Waals surface area (Å²) < 4.78 is 5.67. The van der Waals surface area contributed by atoms with Crippen molar-refractivity contribution in [2.24, 2.45) is 0 Å². The molecule has 1 heteroatoms. The summed E-state index contributed by atoms with van der Waals surface area (Å²) in [5.41, 5.74) is 8.13. The highest BCUT2D eigenvalue weighted by atomic mass is 16.5. The number of aryl methyl sites for hydroxylation is 2. The van der Waals surface area contributed by atoms with Crippen LogP contribution in [0.1, 0.15) is 11.1 Å². The first kappa shape index (κ1) is 13.6. The lowest BCUT2D eigenvalue weighted by Gasteiger charge is -2.17. The smallest absolute Gasteiger partial charge is 0.126 e. The summed E-state index contributed by atoms with van der Waals surface area (Å²) in [6, 6.07) is 19.6. The zero-order valence-electron chi connectivity index (χ0n) is 14.1. The summed E-state index contributed by atoms with van der Waals surface area (Å²) in [5, 5.41) is 5.22. The third-order valence-corrected chi connectivity index (χ3v) is 5.47. The number of rotatable bonds is 1. The van der Waals surface area contributed by atoms with Gasteiger partial charge in [0.1, 0.15) is 5.75 Å². The summed E-state index contributed by atoms with van der Waals surface area (Å²) in [6.07, 6.45) is 0. The van der Waals surface area contributed by atoms with Crippen molar-refractivity contribution in [3.63, 3.8) is 0 Å². The van der Waals surface area contributed by atoms with Crippen molar-refractivity contribution in [1.29, 1.82) is 0 Å². The highest BCUT2D eigenvalue weighted by Crippen LogP contribution is 2.53. The second kappa shape index (κ2) is 4.61. The maximum absolute atomic E-state index is 5.67. The van der Waals surface area contributed by atoms with Crippen LogP contribution >= 0.6 is 0 Å². The largest absolute Gasteiger partial charge is 0.496 e. The van der Waals surface area contributed by atoms with Gasteiger partial charge in [0.2, 0.25) is 0 Å². The maximum Gasteiger partial charge on any atom is 0.126 e. The third-order valence-electron chi connectivity index (χ3n) is 5.47. The monoisotopic (exact) mass is 310 g/mol. The first-order chi connectivity index (χ1) is 11.7. The van der Waals surface area contributed by atoms with Crippen molar-refractivity contribution in [2.45, 2.75) is 13.8 Å². The van der Waals surface area contributed by atoms with Crippen LogP contribution in [0.25, 0.3) is 43.8 Å². The Bertz CT molecular complexity index is 1150. The summed E-state index contributed by atoms with van der Waals surface area (Å²) in [4.78, 5) is 0. The number of methoxy groups -OCH3 is 1. The standard InChI is InChI=1S/C23H18O/c1-13-16-9-6-12-19(24-3)20(16)14(2)22-18-11-5-8-15-7-4-10-17(21(13)22)23(15)18/h4-12H,1-3H3. The van der Waals surface area contributed by atoms with Crippen molar-refractivity contribution in [1.82, 2.24) is 0 Å². The second-order valence-electron chi connectivity index (χ2n) is 6.59. The van der Waals surface area contributed by atoms with E-state index in [4.69, 9.17) is 4.74 Å². The lowest BCUT2D eigenvalue weighted by atomic mass is 9.88. The van der Waals surface area contributed by atoms with Crippen molar-refractivity contribution < 1.29 is 4.74 Å². The molecule has 24 heavy (non-hydrogen) atoms. The molecule has 0 spiro atoms. The Morgan fingerprint density at radius 1 is 0.667 bits per heavy atom. The number of ether oxygens (including phenoxy) is 1. The van der Waals surface area contributed by atoms with Gasteiger partial charge in [-0.25, -0.2) is 0 Å². The molecule has 0 heterocycles. The molecule has 0 atom stereocenters. The molecule has 0 saturated heterocycles. The summed E-state index contributed by atoms with van der Waals surface area (Å²) >= 11 is 0. The fourth-order valence-electron chi connectivity index (χ4n) is 4.47. The van der Waals surface area contributed by atoms with Crippen LogP contribution < -0.4 is 4.74 Å². The average molecular weight is 310 g/mol. The molecule has 116 valence electrons. The van der Waals surface area contributed by atoms with Gasteiger partial charge in [0.05, 0.1) is 7.11 Å². The topological polar surface area (TPSA) is 9.23 Å². The second-order valence-corrected chi connectivity index (χ2v) is 6.59. The van der Waals surface area contributed by atoms with Crippen LogP contribution in [-0.4, -0.2) is 7.11 Å². The summed E-state index contributed by atoms with van der Waals surface area (Å²) in [5.74, 6) is 0.957. The van der Waals surface area contributed by atoms with Crippen LogP contribution in [0.4, 0.5) is 0 Å². The number of hydrogen-bond donors (Lipinski definition) is 0. The van der Waals surface area contributed by atoms with Gasteiger partial charge in [-0.05, 0) is 69.5 Å². The molecule has 0 unspecified atom stereocenters. The van der Waals surface area contributed by atoms with Crippen LogP contribution in [0.3, 0.4) is 0 Å². The van der Waals surface area contributed by atoms with Gasteiger partial charge in [-0.2, -0.15) is 0 Å². The molecule has 4 aromatic carbocycles. The predicted octanol–water partition coefficient (Wildman–Crippen LogP) is 6.27. The molecule has 0 aromatic heterocycles. The molecule has 0 radical (unpaired) electrons. The Hall–Kier alpha value is -2.80. The normalized spacial score (nSPS) is 12.0. The van der Waals surface area contributed by atoms with E-state index in [-0.39, 0.29) is 0 Å². The molecular formula is C23H18O. The Balaban J connectivity index is 2.07. The molecule has 0 bridgehead atoms. The SMILES string of the molecule is COc1cccc2c(C)c3c(c(C)c12)-c1cccc2cccc-3c12. The van der Waals surface area contributed by atoms with E-state index in [9.17, 15) is 0 Å². The minimum atomic E-state index is 0.957. The van der Waals surface area contributed by atoms with Crippen LogP contribution in [0.15, 0.2) is 54.6 Å². The van der Waals surface area contributed by atoms with E-state index in [0.29, 0.717) is 0 Å². The van der Waals surface area contributed by atoms with Crippen LogP contribution in [0, 0.1) is 13.8 Å². The van der Waals surface area contributed by atoms with Gasteiger partial charge < -0.3 is 4.74 Å². The number of fused-ring (bicyclic) bond motifs is 4. The zero-order valence-corrected chi connectivity index (χ0v) is 14.1. The highest BCUT2D eigenvalue weighted by Gasteiger charge is 2.27. The first-order valence-corrected chi connectivity index (χ1v) is 8.34. The summed E-state index contributed by atoms with van der Waals surface area (Å²) in [6.45, 7) is 4.47. The minimum Gasteiger partial charge on any atom is -0.496 e. The van der Waals surface area contributed by atoms with Crippen LogP contribution in [0.5, 0.6) is 5.75 Å². The number of benzene rings is 4. The van der Waals surface area contributed by atoms with E-state index in [1.54, 1.807) is 7.11 Å². The summed E-state index contributed by atoms with van der Waals surface area (Å²) in [7, 11) is 1.76. The fraction of sp³-hybridized carbons (Fsp3) is 0.130. The quantitative estimate of drug-likeness (QED) is 0.355. The molecule has 0 aliphatic heterocycles. The average Bonchev–Trinajstić information content (AvgIpc) is 2.96. The van der Waals surface area contributed by atoms with Gasteiger partial charge in [0, 0.05) is 5.39 Å². The Morgan fingerprint density at radius 3 is 1.96 bits per heavy atom. The zero-order chi connectivity index (χ0) is 16.4. The molecule has 4 aromatic rings. The molecule has 0 amide bonds. The Kier molecular flexibility index (Phi) is 2.62. The van der Waals surface area contributed by atoms with Crippen LogP contribution in [-0.2, 0) is 0 Å². The van der Waals surface area contributed by atoms with Crippen LogP contribution in [0.2, 0.25) is 0 Å². The van der Waals surface area contributed by atoms with E-state index < -0.39 is 0 Å². The first-order valence-electron chi connectivity index (χ1n) is 8.34. The van der Waals surface area contributed by atoms with Gasteiger partial charge in [-0.15, -0.1) is 0 Å². The van der Waals surface area contributed by atoms with Crippen molar-refractivity contribution >= 4 is 21.5 Å². The molecule has 1 aliphatic rings. The van der Waals surface area contributed by atoms with Crippen molar-refractivity contribution in [2.75, 3.05) is 7.11 Å².